The molecule has 0 spiro atoms. The van der Waals surface area contributed by atoms with Crippen LogP contribution < -0.4 is 5.32 Å². The fourth-order valence-corrected chi connectivity index (χ4v) is 3.78. The second-order valence-electron chi connectivity index (χ2n) is 7.40. The van der Waals surface area contributed by atoms with E-state index in [1.165, 1.54) is 83.6 Å². The molecule has 0 aromatic rings. The average molecular weight is 297 g/mol. The third kappa shape index (κ3) is 6.69. The molecule has 1 aliphatic rings. The van der Waals surface area contributed by atoms with Crippen molar-refractivity contribution in [3.05, 3.63) is 0 Å². The van der Waals surface area contributed by atoms with Crippen molar-refractivity contribution < 1.29 is 0 Å². The molecule has 0 bridgehead atoms. The quantitative estimate of drug-likeness (QED) is 0.511. The van der Waals surface area contributed by atoms with Gasteiger partial charge in [-0.25, -0.2) is 0 Å². The molecule has 0 aromatic carbocycles. The molecule has 0 radical (unpaired) electrons. The zero-order chi connectivity index (χ0) is 15.6. The van der Waals surface area contributed by atoms with Gasteiger partial charge in [-0.2, -0.15) is 0 Å². The number of likely N-dealkylation sites (N-methyl/N-ethyl adjacent to an activating group) is 1. The number of nitrogens with one attached hydrogen (secondary N) is 1. The van der Waals surface area contributed by atoms with E-state index in [0.717, 1.165) is 6.04 Å². The molecular formula is C19H40N2. The Hall–Kier alpha value is -0.0800. The second-order valence-corrected chi connectivity index (χ2v) is 7.40. The first-order valence-corrected chi connectivity index (χ1v) is 9.55. The van der Waals surface area contributed by atoms with Gasteiger partial charge in [-0.05, 0) is 39.8 Å². The van der Waals surface area contributed by atoms with Gasteiger partial charge in [-0.1, -0.05) is 65.2 Å². The smallest absolute Gasteiger partial charge is 0.0327 e. The summed E-state index contributed by atoms with van der Waals surface area (Å²) >= 11 is 0. The van der Waals surface area contributed by atoms with E-state index in [-0.39, 0.29) is 0 Å². The summed E-state index contributed by atoms with van der Waals surface area (Å²) in [4.78, 5) is 2.49. The van der Waals surface area contributed by atoms with Crippen LogP contribution in [-0.4, -0.2) is 37.1 Å². The average Bonchev–Trinajstić information content (AvgIpc) is 2.95. The highest BCUT2D eigenvalue weighted by Crippen LogP contribution is 2.33. The molecule has 1 N–H and O–H groups in total. The van der Waals surface area contributed by atoms with Crippen molar-refractivity contribution in [3.63, 3.8) is 0 Å². The van der Waals surface area contributed by atoms with Crippen LogP contribution in [0.2, 0.25) is 0 Å². The molecular weight excluding hydrogens is 256 g/mol. The summed E-state index contributed by atoms with van der Waals surface area (Å²) in [6, 6.07) is 0.750. The standard InChI is InChI=1S/C19H40N2/c1-5-7-9-13-18(14-10-8-6-2)20-17-19(21(3)4)15-11-12-16-19/h18,20H,5-17H2,1-4H3. The second kappa shape index (κ2) is 10.6. The summed E-state index contributed by atoms with van der Waals surface area (Å²) in [5, 5.41) is 3.96. The Morgan fingerprint density at radius 2 is 1.43 bits per heavy atom. The fourth-order valence-electron chi connectivity index (χ4n) is 3.78. The summed E-state index contributed by atoms with van der Waals surface area (Å²) in [6.45, 7) is 5.81. The maximum absolute atomic E-state index is 3.96. The highest BCUT2D eigenvalue weighted by molar-refractivity contribution is 4.95. The predicted molar refractivity (Wildman–Crippen MR) is 95.0 cm³/mol. The Bertz CT molecular complexity index is 234. The largest absolute Gasteiger partial charge is 0.312 e. The Kier molecular flexibility index (Phi) is 9.59. The maximum Gasteiger partial charge on any atom is 0.0327 e. The van der Waals surface area contributed by atoms with E-state index >= 15 is 0 Å². The van der Waals surface area contributed by atoms with Crippen LogP contribution in [0.1, 0.15) is 90.9 Å². The van der Waals surface area contributed by atoms with Crippen molar-refractivity contribution in [1.29, 1.82) is 0 Å². The lowest BCUT2D eigenvalue weighted by Crippen LogP contribution is -2.51. The topological polar surface area (TPSA) is 15.3 Å². The van der Waals surface area contributed by atoms with E-state index in [0.29, 0.717) is 5.54 Å². The molecule has 21 heavy (non-hydrogen) atoms. The molecule has 0 heterocycles. The summed E-state index contributed by atoms with van der Waals surface area (Å²) in [5.41, 5.74) is 0.438. The van der Waals surface area contributed by atoms with Crippen LogP contribution in [0.3, 0.4) is 0 Å². The fraction of sp³-hybridized carbons (Fsp3) is 1.00. The van der Waals surface area contributed by atoms with Crippen molar-refractivity contribution >= 4 is 0 Å². The van der Waals surface area contributed by atoms with Crippen molar-refractivity contribution in [2.45, 2.75) is 102 Å². The Morgan fingerprint density at radius 1 is 0.905 bits per heavy atom. The van der Waals surface area contributed by atoms with Gasteiger partial charge >= 0.3 is 0 Å². The first-order chi connectivity index (χ1) is 10.1. The van der Waals surface area contributed by atoms with Crippen LogP contribution in [0.4, 0.5) is 0 Å². The van der Waals surface area contributed by atoms with Crippen molar-refractivity contribution in [2.24, 2.45) is 0 Å². The van der Waals surface area contributed by atoms with Gasteiger partial charge in [0.2, 0.25) is 0 Å². The van der Waals surface area contributed by atoms with E-state index in [1.807, 2.05) is 0 Å². The molecule has 1 fully saturated rings. The summed E-state index contributed by atoms with van der Waals surface area (Å²) in [7, 11) is 4.55. The lowest BCUT2D eigenvalue weighted by molar-refractivity contribution is 0.147. The van der Waals surface area contributed by atoms with Gasteiger partial charge in [0, 0.05) is 18.1 Å². The van der Waals surface area contributed by atoms with Crippen LogP contribution in [0.5, 0.6) is 0 Å². The lowest BCUT2D eigenvalue weighted by atomic mass is 9.94. The lowest BCUT2D eigenvalue weighted by Gasteiger charge is -2.38. The molecule has 0 aliphatic heterocycles. The Morgan fingerprint density at radius 3 is 1.86 bits per heavy atom. The minimum atomic E-state index is 0.438. The number of rotatable bonds is 12. The Balaban J connectivity index is 2.41. The van der Waals surface area contributed by atoms with Gasteiger partial charge in [-0.15, -0.1) is 0 Å². The molecule has 1 aliphatic carbocycles. The molecule has 0 amide bonds. The molecule has 1 saturated carbocycles. The van der Waals surface area contributed by atoms with E-state index in [1.54, 1.807) is 0 Å². The molecule has 1 rings (SSSR count). The van der Waals surface area contributed by atoms with Crippen LogP contribution >= 0.6 is 0 Å². The first kappa shape index (κ1) is 19.0. The predicted octanol–water partition coefficient (Wildman–Crippen LogP) is 4.98. The summed E-state index contributed by atoms with van der Waals surface area (Å²) in [5.74, 6) is 0. The molecule has 0 unspecified atom stereocenters. The van der Waals surface area contributed by atoms with E-state index in [4.69, 9.17) is 0 Å². The monoisotopic (exact) mass is 296 g/mol. The van der Waals surface area contributed by atoms with Gasteiger partial charge in [0.15, 0.2) is 0 Å². The zero-order valence-corrected chi connectivity index (χ0v) is 15.2. The van der Waals surface area contributed by atoms with Crippen LogP contribution in [0.25, 0.3) is 0 Å². The molecule has 126 valence electrons. The van der Waals surface area contributed by atoms with Crippen LogP contribution in [0.15, 0.2) is 0 Å². The van der Waals surface area contributed by atoms with Gasteiger partial charge in [-0.3, -0.25) is 0 Å². The van der Waals surface area contributed by atoms with E-state index in [2.05, 4.69) is 38.2 Å². The molecule has 0 aromatic heterocycles. The van der Waals surface area contributed by atoms with Crippen molar-refractivity contribution in [3.8, 4) is 0 Å². The molecule has 0 saturated heterocycles. The normalized spacial score (nSPS) is 18.0. The SMILES string of the molecule is CCCCCC(CCCCC)NCC1(N(C)C)CCCC1. The van der Waals surface area contributed by atoms with Crippen LogP contribution in [0, 0.1) is 0 Å². The molecule has 2 nitrogen and oxygen atoms in total. The summed E-state index contributed by atoms with van der Waals surface area (Å²) < 4.78 is 0. The Labute approximate surface area is 134 Å². The number of unbranched alkanes of at least 4 members (excludes halogenated alkanes) is 4. The van der Waals surface area contributed by atoms with Gasteiger partial charge in [0.05, 0.1) is 0 Å². The maximum atomic E-state index is 3.96. The highest BCUT2D eigenvalue weighted by Gasteiger charge is 2.35. The highest BCUT2D eigenvalue weighted by atomic mass is 15.2. The minimum absolute atomic E-state index is 0.438. The third-order valence-electron chi connectivity index (χ3n) is 5.52. The van der Waals surface area contributed by atoms with Crippen molar-refractivity contribution in [2.75, 3.05) is 20.6 Å². The van der Waals surface area contributed by atoms with E-state index < -0.39 is 0 Å². The first-order valence-electron chi connectivity index (χ1n) is 9.55. The number of nitrogens with zero attached hydrogens (tertiary/aromatic N) is 1. The minimum Gasteiger partial charge on any atom is -0.312 e. The molecule has 0 atom stereocenters. The van der Waals surface area contributed by atoms with Crippen LogP contribution in [-0.2, 0) is 0 Å². The summed E-state index contributed by atoms with van der Waals surface area (Å²) in [6.07, 6.45) is 16.6. The van der Waals surface area contributed by atoms with Gasteiger partial charge in [0.25, 0.3) is 0 Å². The zero-order valence-electron chi connectivity index (χ0n) is 15.2. The van der Waals surface area contributed by atoms with E-state index in [9.17, 15) is 0 Å². The molecule has 2 heteroatoms. The number of hydrogen-bond donors (Lipinski definition) is 1. The third-order valence-corrected chi connectivity index (χ3v) is 5.52. The van der Waals surface area contributed by atoms with Gasteiger partial charge in [0.1, 0.15) is 0 Å². The number of hydrogen-bond acceptors (Lipinski definition) is 2. The van der Waals surface area contributed by atoms with Gasteiger partial charge < -0.3 is 10.2 Å². The van der Waals surface area contributed by atoms with Crippen molar-refractivity contribution in [1.82, 2.24) is 10.2 Å².